The molecule has 1 aromatic rings. The molecule has 0 radical (unpaired) electrons. The fourth-order valence-electron chi connectivity index (χ4n) is 2.95. The molecule has 0 bridgehead atoms. The van der Waals surface area contributed by atoms with Crippen molar-refractivity contribution in [1.82, 2.24) is 0 Å². The Balaban J connectivity index is 1.65. The van der Waals surface area contributed by atoms with E-state index in [9.17, 15) is 0 Å². The third-order valence-electron chi connectivity index (χ3n) is 3.95. The van der Waals surface area contributed by atoms with E-state index < -0.39 is 5.79 Å². The first-order valence-corrected chi connectivity index (χ1v) is 7.73. The average Bonchev–Trinajstić information content (AvgIpc) is 3.09. The van der Waals surface area contributed by atoms with Crippen molar-refractivity contribution in [2.24, 2.45) is 0 Å². The maximum absolute atomic E-state index is 6.07. The monoisotopic (exact) mass is 296 g/mol. The van der Waals surface area contributed by atoms with Gasteiger partial charge in [-0.3, -0.25) is 0 Å². The minimum absolute atomic E-state index is 0.0305. The first kappa shape index (κ1) is 15.0. The van der Waals surface area contributed by atoms with Gasteiger partial charge in [-0.15, -0.1) is 0 Å². The molecule has 0 spiro atoms. The standard InChI is InChI=1S/C16H24O5/c1-4-5-6-12-13(18-10-11-7-8-17-9-11)14-15(19-12)21-16(2,3)20-14/h7-9,12-15H,4-6,10H2,1-3H3/t12-,13+,14-,15-/m1/s1. The molecule has 5 heteroatoms. The summed E-state index contributed by atoms with van der Waals surface area (Å²) >= 11 is 0. The van der Waals surface area contributed by atoms with E-state index in [-0.39, 0.29) is 24.6 Å². The summed E-state index contributed by atoms with van der Waals surface area (Å²) in [6.07, 6.45) is 6.01. The molecule has 0 saturated carbocycles. The first-order valence-electron chi connectivity index (χ1n) is 7.73. The summed E-state index contributed by atoms with van der Waals surface area (Å²) in [5.41, 5.74) is 1.02. The van der Waals surface area contributed by atoms with Crippen molar-refractivity contribution < 1.29 is 23.4 Å². The zero-order valence-corrected chi connectivity index (χ0v) is 12.9. The van der Waals surface area contributed by atoms with Crippen LogP contribution < -0.4 is 0 Å². The summed E-state index contributed by atoms with van der Waals surface area (Å²) in [4.78, 5) is 0. The van der Waals surface area contributed by atoms with Crippen LogP contribution in [0.4, 0.5) is 0 Å². The molecule has 5 nitrogen and oxygen atoms in total. The number of hydrogen-bond donors (Lipinski definition) is 0. The largest absolute Gasteiger partial charge is 0.472 e. The van der Waals surface area contributed by atoms with Crippen LogP contribution in [-0.2, 0) is 25.6 Å². The Morgan fingerprint density at radius 2 is 2.14 bits per heavy atom. The minimum Gasteiger partial charge on any atom is -0.472 e. The molecule has 4 atom stereocenters. The Hall–Kier alpha value is -0.880. The first-order chi connectivity index (χ1) is 10.1. The van der Waals surface area contributed by atoms with Crippen molar-refractivity contribution in [3.05, 3.63) is 24.2 Å². The number of fused-ring (bicyclic) bond motifs is 1. The Morgan fingerprint density at radius 3 is 2.86 bits per heavy atom. The van der Waals surface area contributed by atoms with E-state index in [1.165, 1.54) is 0 Å². The lowest BCUT2D eigenvalue weighted by atomic mass is 10.1. The van der Waals surface area contributed by atoms with Crippen LogP contribution in [0, 0.1) is 0 Å². The van der Waals surface area contributed by atoms with Gasteiger partial charge in [0.1, 0.15) is 12.2 Å². The maximum Gasteiger partial charge on any atom is 0.190 e. The molecule has 0 unspecified atom stereocenters. The quantitative estimate of drug-likeness (QED) is 0.806. The van der Waals surface area contributed by atoms with Gasteiger partial charge < -0.3 is 23.4 Å². The van der Waals surface area contributed by atoms with Gasteiger partial charge >= 0.3 is 0 Å². The fraction of sp³-hybridized carbons (Fsp3) is 0.750. The number of hydrogen-bond acceptors (Lipinski definition) is 5. The molecular formula is C16H24O5. The molecule has 2 aliphatic heterocycles. The van der Waals surface area contributed by atoms with Gasteiger partial charge in [0.25, 0.3) is 0 Å². The molecule has 0 aliphatic carbocycles. The summed E-state index contributed by atoms with van der Waals surface area (Å²) in [6.45, 7) is 6.49. The normalized spacial score (nSPS) is 34.2. The highest BCUT2D eigenvalue weighted by Gasteiger charge is 2.55. The Bertz CT molecular complexity index is 442. The van der Waals surface area contributed by atoms with E-state index in [1.807, 2.05) is 19.9 Å². The average molecular weight is 296 g/mol. The van der Waals surface area contributed by atoms with E-state index in [2.05, 4.69) is 6.92 Å². The van der Waals surface area contributed by atoms with Crippen LogP contribution in [0.15, 0.2) is 23.0 Å². The smallest absolute Gasteiger partial charge is 0.190 e. The van der Waals surface area contributed by atoms with Crippen LogP contribution in [-0.4, -0.2) is 30.4 Å². The zero-order valence-electron chi connectivity index (χ0n) is 12.9. The predicted octanol–water partition coefficient (Wildman–Crippen LogP) is 3.23. The summed E-state index contributed by atoms with van der Waals surface area (Å²) < 4.78 is 28.9. The summed E-state index contributed by atoms with van der Waals surface area (Å²) in [6, 6.07) is 1.91. The van der Waals surface area contributed by atoms with Crippen molar-refractivity contribution in [3.8, 4) is 0 Å². The molecule has 2 saturated heterocycles. The Labute approximate surface area is 125 Å². The van der Waals surface area contributed by atoms with E-state index in [0.717, 1.165) is 24.8 Å². The van der Waals surface area contributed by atoms with E-state index in [4.69, 9.17) is 23.4 Å². The molecule has 3 rings (SSSR count). The number of rotatable bonds is 6. The van der Waals surface area contributed by atoms with Crippen molar-refractivity contribution in [2.75, 3.05) is 0 Å². The Morgan fingerprint density at radius 1 is 1.29 bits per heavy atom. The topological polar surface area (TPSA) is 50.1 Å². The third kappa shape index (κ3) is 3.31. The van der Waals surface area contributed by atoms with Crippen LogP contribution in [0.25, 0.3) is 0 Å². The van der Waals surface area contributed by atoms with Gasteiger partial charge in [0.05, 0.1) is 25.2 Å². The number of unbranched alkanes of at least 4 members (excludes halogenated alkanes) is 1. The molecule has 2 aliphatic rings. The minimum atomic E-state index is -0.609. The summed E-state index contributed by atoms with van der Waals surface area (Å²) in [5.74, 6) is -0.609. The molecule has 0 N–H and O–H groups in total. The second-order valence-electron chi connectivity index (χ2n) is 6.19. The summed E-state index contributed by atoms with van der Waals surface area (Å²) in [7, 11) is 0. The Kier molecular flexibility index (Phi) is 4.36. The third-order valence-corrected chi connectivity index (χ3v) is 3.95. The molecule has 0 aromatic carbocycles. The SMILES string of the molecule is CCCC[C@H]1O[C@@H]2OC(C)(C)O[C@@H]2[C@H]1OCc1ccoc1. The highest BCUT2D eigenvalue weighted by molar-refractivity contribution is 5.04. The van der Waals surface area contributed by atoms with Gasteiger partial charge in [-0.2, -0.15) is 0 Å². The highest BCUT2D eigenvalue weighted by atomic mass is 16.8. The lowest BCUT2D eigenvalue weighted by Gasteiger charge is -2.25. The van der Waals surface area contributed by atoms with Crippen LogP contribution in [0.3, 0.4) is 0 Å². The van der Waals surface area contributed by atoms with Crippen LogP contribution >= 0.6 is 0 Å². The van der Waals surface area contributed by atoms with Crippen molar-refractivity contribution in [3.63, 3.8) is 0 Å². The molecule has 3 heterocycles. The van der Waals surface area contributed by atoms with Crippen LogP contribution in [0.1, 0.15) is 45.6 Å². The van der Waals surface area contributed by atoms with Crippen LogP contribution in [0.2, 0.25) is 0 Å². The predicted molar refractivity (Wildman–Crippen MR) is 75.5 cm³/mol. The molecule has 1 aromatic heterocycles. The lowest BCUT2D eigenvalue weighted by Crippen LogP contribution is -2.36. The van der Waals surface area contributed by atoms with Gasteiger partial charge in [-0.05, 0) is 26.3 Å². The van der Waals surface area contributed by atoms with E-state index in [1.54, 1.807) is 12.5 Å². The molecule has 2 fully saturated rings. The molecule has 118 valence electrons. The second kappa shape index (κ2) is 6.08. The molecule has 0 amide bonds. The second-order valence-corrected chi connectivity index (χ2v) is 6.19. The van der Waals surface area contributed by atoms with Crippen molar-refractivity contribution >= 4 is 0 Å². The number of ether oxygens (including phenoxy) is 4. The fourth-order valence-corrected chi connectivity index (χ4v) is 2.95. The number of furan rings is 1. The van der Waals surface area contributed by atoms with Gasteiger partial charge in [-0.25, -0.2) is 0 Å². The van der Waals surface area contributed by atoms with Gasteiger partial charge in [-0.1, -0.05) is 19.8 Å². The van der Waals surface area contributed by atoms with E-state index in [0.29, 0.717) is 6.61 Å². The molecule has 21 heavy (non-hydrogen) atoms. The van der Waals surface area contributed by atoms with Gasteiger partial charge in [0.15, 0.2) is 12.1 Å². The highest BCUT2D eigenvalue weighted by Crippen LogP contribution is 2.40. The van der Waals surface area contributed by atoms with Crippen LogP contribution in [0.5, 0.6) is 0 Å². The maximum atomic E-state index is 6.07. The summed E-state index contributed by atoms with van der Waals surface area (Å²) in [5, 5.41) is 0. The van der Waals surface area contributed by atoms with Crippen molar-refractivity contribution in [1.29, 1.82) is 0 Å². The molecular weight excluding hydrogens is 272 g/mol. The zero-order chi connectivity index (χ0) is 14.9. The van der Waals surface area contributed by atoms with Gasteiger partial charge in [0.2, 0.25) is 0 Å². The van der Waals surface area contributed by atoms with E-state index >= 15 is 0 Å². The van der Waals surface area contributed by atoms with Crippen molar-refractivity contribution in [2.45, 2.75) is 77.0 Å². The van der Waals surface area contributed by atoms with Gasteiger partial charge in [0, 0.05) is 5.56 Å². The lowest BCUT2D eigenvalue weighted by molar-refractivity contribution is -0.219.